The van der Waals surface area contributed by atoms with Crippen LogP contribution in [0.15, 0.2) is 54.6 Å². The average Bonchev–Trinajstić information content (AvgIpc) is 2.40. The van der Waals surface area contributed by atoms with Crippen molar-refractivity contribution in [1.29, 1.82) is 0 Å². The average molecular weight is 262 g/mol. The molecule has 2 aromatic carbocycles. The van der Waals surface area contributed by atoms with Gasteiger partial charge >= 0.3 is 0 Å². The Morgan fingerprint density at radius 3 is 2.22 bits per heavy atom. The number of halogens is 1. The molecule has 3 nitrogen and oxygen atoms in total. The first-order valence-corrected chi connectivity index (χ1v) is 6.03. The molecule has 0 aromatic heterocycles. The molecule has 1 atom stereocenters. The molecule has 4 heteroatoms. The van der Waals surface area contributed by atoms with Crippen molar-refractivity contribution >= 4 is 17.3 Å². The first kappa shape index (κ1) is 12.6. The predicted octanol–water partition coefficient (Wildman–Crippen LogP) is 4.12. The van der Waals surface area contributed by atoms with Gasteiger partial charge in [0.15, 0.2) is 0 Å². The SMILES string of the molecule is O=[N+]([O-])c1ccc(CC(Cl)c2ccccc2)cc1. The van der Waals surface area contributed by atoms with Crippen LogP contribution >= 0.6 is 11.6 Å². The molecular weight excluding hydrogens is 250 g/mol. The fourth-order valence-electron chi connectivity index (χ4n) is 1.74. The Hall–Kier alpha value is -1.87. The Morgan fingerprint density at radius 2 is 1.67 bits per heavy atom. The lowest BCUT2D eigenvalue weighted by Gasteiger charge is -2.09. The Labute approximate surface area is 110 Å². The van der Waals surface area contributed by atoms with Crippen molar-refractivity contribution in [2.24, 2.45) is 0 Å². The predicted molar refractivity (Wildman–Crippen MR) is 71.8 cm³/mol. The van der Waals surface area contributed by atoms with Crippen molar-refractivity contribution in [3.63, 3.8) is 0 Å². The van der Waals surface area contributed by atoms with E-state index in [4.69, 9.17) is 11.6 Å². The van der Waals surface area contributed by atoms with Gasteiger partial charge in [-0.1, -0.05) is 42.5 Å². The second-order valence-corrected chi connectivity index (χ2v) is 4.53. The van der Waals surface area contributed by atoms with E-state index in [1.54, 1.807) is 12.1 Å². The van der Waals surface area contributed by atoms with Gasteiger partial charge in [0.25, 0.3) is 5.69 Å². The van der Waals surface area contributed by atoms with Gasteiger partial charge < -0.3 is 0 Å². The number of alkyl halides is 1. The van der Waals surface area contributed by atoms with Crippen LogP contribution in [0.4, 0.5) is 5.69 Å². The molecule has 0 fully saturated rings. The molecule has 92 valence electrons. The van der Waals surface area contributed by atoms with Gasteiger partial charge in [0.1, 0.15) is 0 Å². The smallest absolute Gasteiger partial charge is 0.258 e. The number of hydrogen-bond donors (Lipinski definition) is 0. The lowest BCUT2D eigenvalue weighted by atomic mass is 10.0. The van der Waals surface area contributed by atoms with E-state index in [0.717, 1.165) is 11.1 Å². The van der Waals surface area contributed by atoms with E-state index < -0.39 is 4.92 Å². The van der Waals surface area contributed by atoms with Gasteiger partial charge in [-0.3, -0.25) is 10.1 Å². The number of nitro groups is 1. The number of benzene rings is 2. The molecule has 0 radical (unpaired) electrons. The topological polar surface area (TPSA) is 43.1 Å². The highest BCUT2D eigenvalue weighted by molar-refractivity contribution is 6.20. The van der Waals surface area contributed by atoms with Crippen LogP contribution in [-0.2, 0) is 6.42 Å². The Kier molecular flexibility index (Phi) is 3.95. The van der Waals surface area contributed by atoms with E-state index in [1.807, 2.05) is 30.3 Å². The molecule has 2 aromatic rings. The standard InChI is InChI=1S/C14H12ClNO2/c15-14(12-4-2-1-3-5-12)10-11-6-8-13(9-7-11)16(17)18/h1-9,14H,10H2. The summed E-state index contributed by atoms with van der Waals surface area (Å²) in [6.45, 7) is 0. The first-order valence-electron chi connectivity index (χ1n) is 5.59. The van der Waals surface area contributed by atoms with Gasteiger partial charge in [-0.15, -0.1) is 11.6 Å². The van der Waals surface area contributed by atoms with Crippen LogP contribution in [0.3, 0.4) is 0 Å². The lowest BCUT2D eigenvalue weighted by molar-refractivity contribution is -0.384. The molecule has 18 heavy (non-hydrogen) atoms. The second kappa shape index (κ2) is 5.65. The zero-order valence-corrected chi connectivity index (χ0v) is 10.4. The third-order valence-electron chi connectivity index (χ3n) is 2.72. The number of hydrogen-bond acceptors (Lipinski definition) is 2. The van der Waals surface area contributed by atoms with Crippen LogP contribution in [0.25, 0.3) is 0 Å². The third-order valence-corrected chi connectivity index (χ3v) is 3.13. The van der Waals surface area contributed by atoms with Crippen molar-refractivity contribution in [3.05, 3.63) is 75.8 Å². The van der Waals surface area contributed by atoms with Gasteiger partial charge in [-0.25, -0.2) is 0 Å². The highest BCUT2D eigenvalue weighted by Crippen LogP contribution is 2.25. The molecule has 0 amide bonds. The van der Waals surface area contributed by atoms with Crippen LogP contribution in [0.2, 0.25) is 0 Å². The van der Waals surface area contributed by atoms with Crippen LogP contribution in [0, 0.1) is 10.1 Å². The molecule has 0 saturated heterocycles. The minimum Gasteiger partial charge on any atom is -0.258 e. The molecule has 2 rings (SSSR count). The Bertz CT molecular complexity index is 525. The third kappa shape index (κ3) is 3.08. The van der Waals surface area contributed by atoms with E-state index in [2.05, 4.69) is 0 Å². The van der Waals surface area contributed by atoms with Crippen molar-refractivity contribution < 1.29 is 4.92 Å². The van der Waals surface area contributed by atoms with Crippen molar-refractivity contribution in [1.82, 2.24) is 0 Å². The zero-order chi connectivity index (χ0) is 13.0. The van der Waals surface area contributed by atoms with Gasteiger partial charge in [0.2, 0.25) is 0 Å². The molecular formula is C14H12ClNO2. The summed E-state index contributed by atoms with van der Waals surface area (Å²) in [4.78, 5) is 10.1. The van der Waals surface area contributed by atoms with Crippen LogP contribution in [-0.4, -0.2) is 4.92 Å². The maximum Gasteiger partial charge on any atom is 0.269 e. The summed E-state index contributed by atoms with van der Waals surface area (Å²) in [5.74, 6) is 0. The maximum absolute atomic E-state index is 10.5. The van der Waals surface area contributed by atoms with E-state index in [-0.39, 0.29) is 11.1 Å². The quantitative estimate of drug-likeness (QED) is 0.472. The molecule has 0 aliphatic heterocycles. The van der Waals surface area contributed by atoms with Crippen molar-refractivity contribution in [2.75, 3.05) is 0 Å². The second-order valence-electron chi connectivity index (χ2n) is 4.01. The van der Waals surface area contributed by atoms with Gasteiger partial charge in [-0.05, 0) is 17.5 Å². The fraction of sp³-hybridized carbons (Fsp3) is 0.143. The van der Waals surface area contributed by atoms with E-state index in [1.165, 1.54) is 12.1 Å². The summed E-state index contributed by atoms with van der Waals surface area (Å²) in [5.41, 5.74) is 2.14. The lowest BCUT2D eigenvalue weighted by Crippen LogP contribution is -1.96. The van der Waals surface area contributed by atoms with Gasteiger partial charge in [-0.2, -0.15) is 0 Å². The summed E-state index contributed by atoms with van der Waals surface area (Å²) in [6.07, 6.45) is 0.656. The molecule has 0 bridgehead atoms. The van der Waals surface area contributed by atoms with E-state index >= 15 is 0 Å². The van der Waals surface area contributed by atoms with Crippen LogP contribution < -0.4 is 0 Å². The summed E-state index contributed by atoms with van der Waals surface area (Å²) in [6, 6.07) is 16.3. The Balaban J connectivity index is 2.08. The van der Waals surface area contributed by atoms with Crippen molar-refractivity contribution in [3.8, 4) is 0 Å². The molecule has 0 saturated carbocycles. The summed E-state index contributed by atoms with van der Waals surface area (Å²) >= 11 is 6.31. The molecule has 0 spiro atoms. The number of rotatable bonds is 4. The maximum atomic E-state index is 10.5. The number of non-ortho nitro benzene ring substituents is 1. The molecule has 0 aliphatic carbocycles. The molecule has 0 N–H and O–H groups in total. The fourth-order valence-corrected chi connectivity index (χ4v) is 2.06. The molecule has 0 heterocycles. The van der Waals surface area contributed by atoms with Gasteiger partial charge in [0.05, 0.1) is 10.3 Å². The first-order chi connectivity index (χ1) is 8.66. The molecule has 1 unspecified atom stereocenters. The largest absolute Gasteiger partial charge is 0.269 e. The van der Waals surface area contributed by atoms with Crippen LogP contribution in [0.5, 0.6) is 0 Å². The highest BCUT2D eigenvalue weighted by Gasteiger charge is 2.10. The number of nitro benzene ring substituents is 1. The van der Waals surface area contributed by atoms with E-state index in [0.29, 0.717) is 6.42 Å². The van der Waals surface area contributed by atoms with E-state index in [9.17, 15) is 10.1 Å². The Morgan fingerprint density at radius 1 is 1.06 bits per heavy atom. The van der Waals surface area contributed by atoms with Gasteiger partial charge in [0, 0.05) is 12.1 Å². The van der Waals surface area contributed by atoms with Crippen LogP contribution in [0.1, 0.15) is 16.5 Å². The summed E-state index contributed by atoms with van der Waals surface area (Å²) < 4.78 is 0. The number of nitrogens with zero attached hydrogens (tertiary/aromatic N) is 1. The highest BCUT2D eigenvalue weighted by atomic mass is 35.5. The van der Waals surface area contributed by atoms with Crippen molar-refractivity contribution in [2.45, 2.75) is 11.8 Å². The molecule has 0 aliphatic rings. The summed E-state index contributed by atoms with van der Waals surface area (Å²) in [5, 5.41) is 10.4. The minimum atomic E-state index is -0.404. The normalized spacial score (nSPS) is 12.1. The monoisotopic (exact) mass is 261 g/mol. The summed E-state index contributed by atoms with van der Waals surface area (Å²) in [7, 11) is 0. The zero-order valence-electron chi connectivity index (χ0n) is 9.62. The minimum absolute atomic E-state index is 0.101.